The minimum atomic E-state index is -0.136. The van der Waals surface area contributed by atoms with Crippen molar-refractivity contribution in [2.45, 2.75) is 20.4 Å². The highest BCUT2D eigenvalue weighted by Crippen LogP contribution is 2.32. The van der Waals surface area contributed by atoms with E-state index in [1.165, 1.54) is 0 Å². The fourth-order valence-electron chi connectivity index (χ4n) is 3.11. The quantitative estimate of drug-likeness (QED) is 0.719. The number of nitriles is 1. The molecule has 0 radical (unpaired) electrons. The maximum Gasteiger partial charge on any atom is 0.259 e. The number of pyridine rings is 1. The summed E-state index contributed by atoms with van der Waals surface area (Å²) in [7, 11) is 1.59. The van der Waals surface area contributed by atoms with Gasteiger partial charge in [0.25, 0.3) is 5.56 Å². The molecule has 4 nitrogen and oxygen atoms in total. The summed E-state index contributed by atoms with van der Waals surface area (Å²) in [4.78, 5) is 13.0. The van der Waals surface area contributed by atoms with Crippen molar-refractivity contribution in [3.05, 3.63) is 64.6 Å². The molecular weight excluding hydrogens is 312 g/mol. The van der Waals surface area contributed by atoms with E-state index < -0.39 is 0 Å². The third kappa shape index (κ3) is 3.01. The molecule has 1 aromatic heterocycles. The highest BCUT2D eigenvalue weighted by molar-refractivity contribution is 5.99. The van der Waals surface area contributed by atoms with Crippen molar-refractivity contribution in [3.63, 3.8) is 0 Å². The molecule has 0 bridgehead atoms. The Kier molecular flexibility index (Phi) is 4.58. The molecular formula is C21H20N2O2. The number of benzene rings is 2. The number of ether oxygens (including phenoxy) is 1. The highest BCUT2D eigenvalue weighted by atomic mass is 16.5. The van der Waals surface area contributed by atoms with Crippen LogP contribution in [-0.4, -0.2) is 11.7 Å². The molecule has 0 aliphatic rings. The van der Waals surface area contributed by atoms with Crippen LogP contribution in [0.1, 0.15) is 19.5 Å². The second-order valence-electron chi connectivity index (χ2n) is 6.42. The molecule has 0 unspecified atom stereocenters. The van der Waals surface area contributed by atoms with E-state index in [-0.39, 0.29) is 11.5 Å². The van der Waals surface area contributed by atoms with E-state index in [1.54, 1.807) is 23.8 Å². The molecule has 0 saturated carbocycles. The van der Waals surface area contributed by atoms with Crippen LogP contribution in [0.3, 0.4) is 0 Å². The van der Waals surface area contributed by atoms with Gasteiger partial charge in [0.2, 0.25) is 0 Å². The highest BCUT2D eigenvalue weighted by Gasteiger charge is 2.19. The molecule has 25 heavy (non-hydrogen) atoms. The molecule has 0 fully saturated rings. The minimum absolute atomic E-state index is 0.136. The van der Waals surface area contributed by atoms with Crippen LogP contribution >= 0.6 is 0 Å². The Labute approximate surface area is 146 Å². The molecule has 0 aliphatic carbocycles. The topological polar surface area (TPSA) is 55.0 Å². The van der Waals surface area contributed by atoms with Gasteiger partial charge in [-0.05, 0) is 29.7 Å². The second-order valence-corrected chi connectivity index (χ2v) is 6.42. The van der Waals surface area contributed by atoms with Crippen LogP contribution in [0.5, 0.6) is 5.75 Å². The Balaban J connectivity index is 2.50. The maximum absolute atomic E-state index is 13.0. The smallest absolute Gasteiger partial charge is 0.259 e. The van der Waals surface area contributed by atoms with Crippen molar-refractivity contribution in [1.29, 1.82) is 5.26 Å². The summed E-state index contributed by atoms with van der Waals surface area (Å²) in [5.74, 6) is 0.915. The van der Waals surface area contributed by atoms with Gasteiger partial charge >= 0.3 is 0 Å². The average Bonchev–Trinajstić information content (AvgIpc) is 2.63. The van der Waals surface area contributed by atoms with Crippen molar-refractivity contribution in [3.8, 4) is 22.9 Å². The van der Waals surface area contributed by atoms with Crippen LogP contribution in [0.25, 0.3) is 21.9 Å². The summed E-state index contributed by atoms with van der Waals surface area (Å²) in [6, 6.07) is 17.4. The lowest BCUT2D eigenvalue weighted by Crippen LogP contribution is -2.26. The number of hydrogen-bond donors (Lipinski definition) is 0. The van der Waals surface area contributed by atoms with Crippen molar-refractivity contribution in [2.24, 2.45) is 5.92 Å². The molecule has 3 aromatic rings. The van der Waals surface area contributed by atoms with Crippen LogP contribution in [-0.2, 0) is 6.54 Å². The number of rotatable bonds is 4. The third-order valence-corrected chi connectivity index (χ3v) is 4.19. The van der Waals surface area contributed by atoms with Crippen LogP contribution in [0.15, 0.2) is 53.3 Å². The van der Waals surface area contributed by atoms with Crippen LogP contribution in [0.4, 0.5) is 0 Å². The summed E-state index contributed by atoms with van der Waals surface area (Å²) >= 11 is 0. The molecule has 1 heterocycles. The molecule has 126 valence electrons. The van der Waals surface area contributed by atoms with Crippen LogP contribution in [0.2, 0.25) is 0 Å². The van der Waals surface area contributed by atoms with Gasteiger partial charge in [0, 0.05) is 22.9 Å². The summed E-state index contributed by atoms with van der Waals surface area (Å²) in [6.45, 7) is 4.57. The molecule has 0 amide bonds. The molecule has 0 atom stereocenters. The summed E-state index contributed by atoms with van der Waals surface area (Å²) in [5, 5.41) is 11.2. The maximum atomic E-state index is 13.0. The van der Waals surface area contributed by atoms with Gasteiger partial charge in [0.15, 0.2) is 0 Å². The lowest BCUT2D eigenvalue weighted by molar-refractivity contribution is 0.415. The molecule has 0 N–H and O–H groups in total. The van der Waals surface area contributed by atoms with E-state index in [1.807, 2.05) is 50.2 Å². The van der Waals surface area contributed by atoms with Gasteiger partial charge in [-0.15, -0.1) is 0 Å². The minimum Gasteiger partial charge on any atom is -0.497 e. The standard InChI is InChI=1S/C21H20N2O2/c1-14(2)13-23-19(12-22)20(15-7-5-4-6-8-15)18-11-16(25-3)9-10-17(18)21(23)24/h4-11,14H,13H2,1-3H3. The number of nitrogens with zero attached hydrogens (tertiary/aromatic N) is 2. The van der Waals surface area contributed by atoms with E-state index >= 15 is 0 Å². The molecule has 0 aliphatic heterocycles. The number of methoxy groups -OCH3 is 1. The normalized spacial score (nSPS) is 10.8. The number of fused-ring (bicyclic) bond motifs is 1. The zero-order valence-corrected chi connectivity index (χ0v) is 14.6. The van der Waals surface area contributed by atoms with E-state index in [4.69, 9.17) is 4.74 Å². The first kappa shape index (κ1) is 16.8. The first-order valence-corrected chi connectivity index (χ1v) is 8.27. The number of hydrogen-bond acceptors (Lipinski definition) is 3. The van der Waals surface area contributed by atoms with E-state index in [0.29, 0.717) is 23.4 Å². The van der Waals surface area contributed by atoms with Gasteiger partial charge in [0.05, 0.1) is 7.11 Å². The zero-order valence-electron chi connectivity index (χ0n) is 14.6. The van der Waals surface area contributed by atoms with Crippen molar-refractivity contribution >= 4 is 10.8 Å². The predicted molar refractivity (Wildman–Crippen MR) is 99.7 cm³/mol. The molecule has 4 heteroatoms. The monoisotopic (exact) mass is 332 g/mol. The average molecular weight is 332 g/mol. The SMILES string of the molecule is COc1ccc2c(=O)n(CC(C)C)c(C#N)c(-c3ccccc3)c2c1. The largest absolute Gasteiger partial charge is 0.497 e. The lowest BCUT2D eigenvalue weighted by Gasteiger charge is -2.17. The Bertz CT molecular complexity index is 1010. The van der Waals surface area contributed by atoms with Gasteiger partial charge < -0.3 is 4.74 Å². The first-order chi connectivity index (χ1) is 12.1. The van der Waals surface area contributed by atoms with Gasteiger partial charge in [-0.2, -0.15) is 5.26 Å². The fraction of sp³-hybridized carbons (Fsp3) is 0.238. The van der Waals surface area contributed by atoms with Gasteiger partial charge in [-0.3, -0.25) is 9.36 Å². The van der Waals surface area contributed by atoms with Gasteiger partial charge in [0.1, 0.15) is 17.5 Å². The van der Waals surface area contributed by atoms with E-state index in [9.17, 15) is 10.1 Å². The van der Waals surface area contributed by atoms with Crippen LogP contribution in [0, 0.1) is 17.2 Å². The van der Waals surface area contributed by atoms with Crippen molar-refractivity contribution in [2.75, 3.05) is 7.11 Å². The van der Waals surface area contributed by atoms with E-state index in [0.717, 1.165) is 16.5 Å². The summed E-state index contributed by atoms with van der Waals surface area (Å²) in [5.41, 5.74) is 1.94. The summed E-state index contributed by atoms with van der Waals surface area (Å²) in [6.07, 6.45) is 0. The Morgan fingerprint density at radius 1 is 1.12 bits per heavy atom. The second kappa shape index (κ2) is 6.82. The lowest BCUT2D eigenvalue weighted by atomic mass is 9.96. The first-order valence-electron chi connectivity index (χ1n) is 8.27. The van der Waals surface area contributed by atoms with Gasteiger partial charge in [-0.25, -0.2) is 0 Å². The van der Waals surface area contributed by atoms with Crippen molar-refractivity contribution in [1.82, 2.24) is 4.57 Å². The Hall–Kier alpha value is -3.06. The van der Waals surface area contributed by atoms with Gasteiger partial charge in [-0.1, -0.05) is 44.2 Å². The zero-order chi connectivity index (χ0) is 18.0. The molecule has 0 saturated heterocycles. The predicted octanol–water partition coefficient (Wildman–Crippen LogP) is 4.20. The fourth-order valence-corrected chi connectivity index (χ4v) is 3.11. The third-order valence-electron chi connectivity index (χ3n) is 4.19. The Morgan fingerprint density at radius 3 is 2.44 bits per heavy atom. The summed E-state index contributed by atoms with van der Waals surface area (Å²) < 4.78 is 6.93. The number of aromatic nitrogens is 1. The van der Waals surface area contributed by atoms with Crippen molar-refractivity contribution < 1.29 is 4.74 Å². The van der Waals surface area contributed by atoms with Crippen LogP contribution < -0.4 is 10.3 Å². The Morgan fingerprint density at radius 2 is 1.84 bits per heavy atom. The van der Waals surface area contributed by atoms with E-state index in [2.05, 4.69) is 6.07 Å². The molecule has 3 rings (SSSR count). The molecule has 2 aromatic carbocycles. The molecule has 0 spiro atoms.